The van der Waals surface area contributed by atoms with Crippen LogP contribution in [0.15, 0.2) is 31.0 Å². The van der Waals surface area contributed by atoms with E-state index in [-0.39, 0.29) is 23.9 Å². The molecular formula is C18H19F3N6O4. The van der Waals surface area contributed by atoms with E-state index >= 15 is 0 Å². The third kappa shape index (κ3) is 4.81. The number of carbonyl (C=O) groups excluding carboxylic acids is 2. The molecule has 0 saturated carbocycles. The fourth-order valence-corrected chi connectivity index (χ4v) is 3.74. The van der Waals surface area contributed by atoms with Crippen LogP contribution in [0, 0.1) is 0 Å². The van der Waals surface area contributed by atoms with Crippen LogP contribution >= 0.6 is 0 Å². The van der Waals surface area contributed by atoms with Crippen LogP contribution in [0.4, 0.5) is 18.9 Å². The first kappa shape index (κ1) is 22.2. The number of hydrogen-bond donors (Lipinski definition) is 1. The lowest BCUT2D eigenvalue weighted by molar-refractivity contribution is -0.192. The average Bonchev–Trinajstić information content (AvgIpc) is 3.34. The number of aliphatic carboxylic acids is 1. The van der Waals surface area contributed by atoms with Crippen LogP contribution in [0.3, 0.4) is 0 Å². The summed E-state index contributed by atoms with van der Waals surface area (Å²) in [6.45, 7) is 0.620. The van der Waals surface area contributed by atoms with Crippen LogP contribution in [0.25, 0.3) is 0 Å². The second-order valence-electron chi connectivity index (χ2n) is 6.99. The molecule has 2 saturated heterocycles. The van der Waals surface area contributed by atoms with Gasteiger partial charge < -0.3 is 14.9 Å². The highest BCUT2D eigenvalue weighted by Gasteiger charge is 2.46. The third-order valence-corrected chi connectivity index (χ3v) is 5.02. The number of rotatable bonds is 2. The predicted octanol–water partition coefficient (Wildman–Crippen LogP) is 1.25. The van der Waals surface area contributed by atoms with Gasteiger partial charge in [0.05, 0.1) is 30.2 Å². The number of anilines is 1. The molecule has 2 aliphatic rings. The molecule has 0 unspecified atom stereocenters. The van der Waals surface area contributed by atoms with Crippen molar-refractivity contribution in [3.05, 3.63) is 36.7 Å². The molecule has 4 heterocycles. The lowest BCUT2D eigenvalue weighted by Crippen LogP contribution is -2.53. The molecule has 2 aromatic rings. The maximum atomic E-state index is 12.7. The monoisotopic (exact) mass is 440 g/mol. The van der Waals surface area contributed by atoms with E-state index in [1.807, 2.05) is 23.0 Å². The van der Waals surface area contributed by atoms with Gasteiger partial charge in [-0.25, -0.2) is 9.78 Å². The van der Waals surface area contributed by atoms with Crippen molar-refractivity contribution in [2.45, 2.75) is 37.5 Å². The third-order valence-electron chi connectivity index (χ3n) is 5.02. The number of amides is 2. The smallest absolute Gasteiger partial charge is 0.475 e. The molecule has 31 heavy (non-hydrogen) atoms. The fourth-order valence-electron chi connectivity index (χ4n) is 3.74. The molecule has 1 N–H and O–H groups in total. The zero-order chi connectivity index (χ0) is 22.8. The molecule has 2 aliphatic heterocycles. The van der Waals surface area contributed by atoms with Crippen molar-refractivity contribution in [1.82, 2.24) is 24.6 Å². The highest BCUT2D eigenvalue weighted by atomic mass is 19.4. The highest BCUT2D eigenvalue weighted by Crippen LogP contribution is 2.35. The Hall–Kier alpha value is -3.51. The van der Waals surface area contributed by atoms with Crippen LogP contribution in [0.2, 0.25) is 0 Å². The van der Waals surface area contributed by atoms with E-state index in [0.717, 1.165) is 12.1 Å². The minimum Gasteiger partial charge on any atom is -0.475 e. The second-order valence-corrected chi connectivity index (χ2v) is 6.99. The zero-order valence-corrected chi connectivity index (χ0v) is 16.4. The number of fused-ring (bicyclic) bond motifs is 1. The number of piperidine rings is 1. The molecule has 0 spiro atoms. The molecule has 13 heteroatoms. The van der Waals surface area contributed by atoms with Crippen LogP contribution in [0.5, 0.6) is 0 Å². The maximum Gasteiger partial charge on any atom is 0.490 e. The lowest BCUT2D eigenvalue weighted by atomic mass is 9.96. The molecule has 2 atom stereocenters. The molecule has 0 radical (unpaired) electrons. The van der Waals surface area contributed by atoms with Crippen LogP contribution < -0.4 is 4.90 Å². The Morgan fingerprint density at radius 2 is 1.87 bits per heavy atom. The first-order valence-corrected chi connectivity index (χ1v) is 9.27. The summed E-state index contributed by atoms with van der Waals surface area (Å²) >= 11 is 0. The van der Waals surface area contributed by atoms with Crippen LogP contribution in [0.1, 0.15) is 29.8 Å². The molecule has 2 amide bonds. The summed E-state index contributed by atoms with van der Waals surface area (Å²) in [4.78, 5) is 45.8. The zero-order valence-electron chi connectivity index (χ0n) is 16.4. The standard InChI is InChI=1S/C16H18N6O2.C2HF3O2/c1-20-10-11(8-19-20)22-14-4-7-21(13(14)2-3-15(22)23)16(24)12-9-17-5-6-18-12;3-2(4,5)1(6)7/h5-6,8-10,13-14H,2-4,7H2,1H3;(H,6,7)/t13-,14-;/m1./s1. The number of alkyl halides is 3. The summed E-state index contributed by atoms with van der Waals surface area (Å²) < 4.78 is 33.4. The van der Waals surface area contributed by atoms with E-state index in [1.54, 1.807) is 17.1 Å². The van der Waals surface area contributed by atoms with E-state index in [0.29, 0.717) is 25.1 Å². The molecule has 4 rings (SSSR count). The Kier molecular flexibility index (Phi) is 6.22. The molecule has 10 nitrogen and oxygen atoms in total. The Morgan fingerprint density at radius 1 is 1.16 bits per heavy atom. The highest BCUT2D eigenvalue weighted by molar-refractivity contribution is 5.96. The fraction of sp³-hybridized carbons (Fsp3) is 0.444. The summed E-state index contributed by atoms with van der Waals surface area (Å²) in [6.07, 6.45) is 4.90. The van der Waals surface area contributed by atoms with Crippen LogP contribution in [-0.2, 0) is 16.6 Å². The number of carboxylic acids is 1. The van der Waals surface area contributed by atoms with E-state index < -0.39 is 12.1 Å². The largest absolute Gasteiger partial charge is 0.490 e. The van der Waals surface area contributed by atoms with Crippen molar-refractivity contribution in [3.63, 3.8) is 0 Å². The molecule has 2 fully saturated rings. The minimum absolute atomic E-state index is 0.00364. The summed E-state index contributed by atoms with van der Waals surface area (Å²) in [7, 11) is 1.83. The summed E-state index contributed by atoms with van der Waals surface area (Å²) in [6, 6.07) is 0.00786. The number of nitrogens with zero attached hydrogens (tertiary/aromatic N) is 6. The van der Waals surface area contributed by atoms with Gasteiger partial charge in [-0.15, -0.1) is 0 Å². The first-order valence-electron chi connectivity index (χ1n) is 9.27. The van der Waals surface area contributed by atoms with Crippen molar-refractivity contribution >= 4 is 23.5 Å². The van der Waals surface area contributed by atoms with Gasteiger partial charge in [0.1, 0.15) is 5.69 Å². The van der Waals surface area contributed by atoms with Crippen molar-refractivity contribution in [3.8, 4) is 0 Å². The summed E-state index contributed by atoms with van der Waals surface area (Å²) in [5.74, 6) is -2.78. The molecule has 2 aromatic heterocycles. The van der Waals surface area contributed by atoms with Crippen molar-refractivity contribution in [2.75, 3.05) is 11.4 Å². The second kappa shape index (κ2) is 8.70. The van der Waals surface area contributed by atoms with Crippen molar-refractivity contribution < 1.29 is 32.7 Å². The quantitative estimate of drug-likeness (QED) is 0.746. The molecule has 0 aromatic carbocycles. The predicted molar refractivity (Wildman–Crippen MR) is 98.9 cm³/mol. The number of halogens is 3. The molecule has 166 valence electrons. The maximum absolute atomic E-state index is 12.7. The van der Waals surface area contributed by atoms with Gasteiger partial charge in [0.2, 0.25) is 5.91 Å². The lowest BCUT2D eigenvalue weighted by Gasteiger charge is -2.38. The van der Waals surface area contributed by atoms with Gasteiger partial charge in [-0.05, 0) is 12.8 Å². The number of aryl methyl sites for hydroxylation is 1. The van der Waals surface area contributed by atoms with Gasteiger partial charge in [-0.2, -0.15) is 18.3 Å². The van der Waals surface area contributed by atoms with Gasteiger partial charge in [0, 0.05) is 38.6 Å². The Morgan fingerprint density at radius 3 is 2.42 bits per heavy atom. The Labute approximate surface area is 174 Å². The van der Waals surface area contributed by atoms with Crippen molar-refractivity contribution in [2.24, 2.45) is 7.05 Å². The minimum atomic E-state index is -5.08. The summed E-state index contributed by atoms with van der Waals surface area (Å²) in [5.41, 5.74) is 1.15. The first-order chi connectivity index (χ1) is 14.6. The van der Waals surface area contributed by atoms with Crippen molar-refractivity contribution in [1.29, 1.82) is 0 Å². The number of likely N-dealkylation sites (tertiary alicyclic amines) is 1. The molecule has 0 bridgehead atoms. The number of carboxylic acid groups (broad SMARTS) is 1. The molecular weight excluding hydrogens is 421 g/mol. The van der Waals surface area contributed by atoms with Gasteiger partial charge >= 0.3 is 12.1 Å². The normalized spacial score (nSPS) is 20.7. The van der Waals surface area contributed by atoms with E-state index in [2.05, 4.69) is 15.1 Å². The molecule has 0 aliphatic carbocycles. The topological polar surface area (TPSA) is 122 Å². The van der Waals surface area contributed by atoms with E-state index in [1.165, 1.54) is 12.4 Å². The Bertz CT molecular complexity index is 965. The summed E-state index contributed by atoms with van der Waals surface area (Å²) in [5, 5.41) is 11.3. The average molecular weight is 440 g/mol. The Balaban J connectivity index is 0.000000339. The number of aromatic nitrogens is 4. The van der Waals surface area contributed by atoms with E-state index in [4.69, 9.17) is 9.90 Å². The number of carbonyl (C=O) groups is 3. The van der Waals surface area contributed by atoms with E-state index in [9.17, 15) is 22.8 Å². The van der Waals surface area contributed by atoms with Gasteiger partial charge in [-0.3, -0.25) is 19.3 Å². The van der Waals surface area contributed by atoms with Gasteiger partial charge in [-0.1, -0.05) is 0 Å². The SMILES string of the molecule is Cn1cc(N2C(=O)CC[C@@H]3[C@H]2CCN3C(=O)c2cnccn2)cn1.O=C(O)C(F)(F)F. The van der Waals surface area contributed by atoms with Crippen LogP contribution in [-0.4, -0.2) is 72.3 Å². The number of hydrogen-bond acceptors (Lipinski definition) is 6. The van der Waals surface area contributed by atoms with Gasteiger partial charge in [0.25, 0.3) is 5.91 Å². The van der Waals surface area contributed by atoms with Gasteiger partial charge in [0.15, 0.2) is 0 Å².